The number of nitrogen functional groups attached to an aromatic ring is 1. The first-order valence-corrected chi connectivity index (χ1v) is 10.5. The summed E-state index contributed by atoms with van der Waals surface area (Å²) in [5.74, 6) is 2.49. The monoisotopic (exact) mass is 433 g/mol. The van der Waals surface area contributed by atoms with Crippen molar-refractivity contribution in [2.45, 2.75) is 19.4 Å². The fourth-order valence-electron chi connectivity index (χ4n) is 4.00. The third-order valence-electron chi connectivity index (χ3n) is 5.59. The van der Waals surface area contributed by atoms with Gasteiger partial charge in [-0.3, -0.25) is 0 Å². The molecule has 2 aromatic carbocycles. The molecular weight excluding hydrogens is 406 g/mol. The number of nitriles is 1. The van der Waals surface area contributed by atoms with Crippen LogP contribution in [0.5, 0.6) is 11.5 Å². The van der Waals surface area contributed by atoms with Crippen molar-refractivity contribution in [3.8, 4) is 17.6 Å². The van der Waals surface area contributed by atoms with Crippen molar-refractivity contribution in [2.75, 3.05) is 49.8 Å². The molecule has 9 heteroatoms. The number of nitrogens with two attached hydrogens (primary N) is 1. The zero-order chi connectivity index (χ0) is 22.7. The summed E-state index contributed by atoms with van der Waals surface area (Å²) in [5.41, 5.74) is 8.10. The number of hydrogen-bond donors (Lipinski definition) is 3. The lowest BCUT2D eigenvalue weighted by Gasteiger charge is -2.21. The average Bonchev–Trinajstić information content (AvgIpc) is 3.27. The van der Waals surface area contributed by atoms with Gasteiger partial charge in [0.2, 0.25) is 5.95 Å². The smallest absolute Gasteiger partial charge is 0.229 e. The van der Waals surface area contributed by atoms with E-state index in [9.17, 15) is 5.26 Å². The number of anilines is 4. The molecule has 0 spiro atoms. The molecule has 0 aliphatic carbocycles. The molecule has 1 aliphatic rings. The van der Waals surface area contributed by atoms with Crippen molar-refractivity contribution in [3.63, 3.8) is 0 Å². The average molecular weight is 434 g/mol. The molecule has 2 heterocycles. The third-order valence-corrected chi connectivity index (χ3v) is 5.59. The molecule has 1 atom stereocenters. The van der Waals surface area contributed by atoms with Gasteiger partial charge in [0.1, 0.15) is 11.9 Å². The molecule has 1 fully saturated rings. The number of aromatic nitrogens is 2. The van der Waals surface area contributed by atoms with Gasteiger partial charge in [-0.05, 0) is 37.2 Å². The van der Waals surface area contributed by atoms with Crippen molar-refractivity contribution in [1.29, 1.82) is 5.26 Å². The van der Waals surface area contributed by atoms with Crippen LogP contribution >= 0.6 is 0 Å². The molecule has 9 nitrogen and oxygen atoms in total. The van der Waals surface area contributed by atoms with E-state index in [4.69, 9.17) is 25.2 Å². The third kappa shape index (κ3) is 4.18. The molecule has 0 unspecified atom stereocenters. The first-order chi connectivity index (χ1) is 15.6. The molecule has 0 saturated carbocycles. The van der Waals surface area contributed by atoms with Crippen LogP contribution in [0.3, 0.4) is 0 Å². The van der Waals surface area contributed by atoms with Crippen molar-refractivity contribution >= 4 is 34.0 Å². The maximum atomic E-state index is 9.29. The van der Waals surface area contributed by atoms with E-state index in [-0.39, 0.29) is 0 Å². The van der Waals surface area contributed by atoms with Crippen LogP contribution in [0.4, 0.5) is 23.1 Å². The normalized spacial score (nSPS) is 15.6. The Morgan fingerprint density at radius 2 is 1.97 bits per heavy atom. The molecule has 4 N–H and O–H groups in total. The summed E-state index contributed by atoms with van der Waals surface area (Å²) >= 11 is 0. The molecule has 166 valence electrons. The zero-order valence-electron chi connectivity index (χ0n) is 18.5. The summed E-state index contributed by atoms with van der Waals surface area (Å²) < 4.78 is 11.0. The number of hydrogen-bond acceptors (Lipinski definition) is 9. The van der Waals surface area contributed by atoms with Gasteiger partial charge in [0.25, 0.3) is 0 Å². The van der Waals surface area contributed by atoms with Gasteiger partial charge in [-0.15, -0.1) is 0 Å². The lowest BCUT2D eigenvalue weighted by Crippen LogP contribution is -2.32. The highest BCUT2D eigenvalue weighted by Crippen LogP contribution is 2.37. The summed E-state index contributed by atoms with van der Waals surface area (Å²) in [6.45, 7) is 4.79. The maximum absolute atomic E-state index is 9.29. The van der Waals surface area contributed by atoms with Crippen LogP contribution in [0.2, 0.25) is 0 Å². The number of ether oxygens (including phenoxy) is 2. The SMILES string of the molecule is CCN[C@H]1CCN(c2nc(Nc3ccc(N)c(C#N)c3)nc3cc(OC)c(OC)cc23)C1. The highest BCUT2D eigenvalue weighted by atomic mass is 16.5. The van der Waals surface area contributed by atoms with Gasteiger partial charge in [0.05, 0.1) is 25.3 Å². The number of fused-ring (bicyclic) bond motifs is 1. The predicted molar refractivity (Wildman–Crippen MR) is 126 cm³/mol. The fraction of sp³-hybridized carbons (Fsp3) is 0.348. The zero-order valence-corrected chi connectivity index (χ0v) is 18.5. The molecule has 0 amide bonds. The van der Waals surface area contributed by atoms with E-state index in [0.717, 1.165) is 42.8 Å². The molecule has 32 heavy (non-hydrogen) atoms. The van der Waals surface area contributed by atoms with E-state index in [2.05, 4.69) is 28.5 Å². The summed E-state index contributed by atoms with van der Waals surface area (Å²) in [6.07, 6.45) is 1.04. The number of rotatable bonds is 7. The Morgan fingerprint density at radius 3 is 2.69 bits per heavy atom. The van der Waals surface area contributed by atoms with Crippen LogP contribution in [0, 0.1) is 11.3 Å². The fourth-order valence-corrected chi connectivity index (χ4v) is 4.00. The van der Waals surface area contributed by atoms with Crippen molar-refractivity contribution in [1.82, 2.24) is 15.3 Å². The van der Waals surface area contributed by atoms with Gasteiger partial charge in [-0.2, -0.15) is 10.2 Å². The van der Waals surface area contributed by atoms with Crippen LogP contribution in [0.15, 0.2) is 30.3 Å². The van der Waals surface area contributed by atoms with Crippen LogP contribution in [0.25, 0.3) is 10.9 Å². The quantitative estimate of drug-likeness (QED) is 0.483. The maximum Gasteiger partial charge on any atom is 0.229 e. The first-order valence-electron chi connectivity index (χ1n) is 10.5. The lowest BCUT2D eigenvalue weighted by molar-refractivity contribution is 0.356. The number of benzene rings is 2. The Morgan fingerprint density at radius 1 is 1.19 bits per heavy atom. The molecule has 1 aromatic heterocycles. The van der Waals surface area contributed by atoms with Crippen molar-refractivity contribution < 1.29 is 9.47 Å². The molecule has 0 radical (unpaired) electrons. The van der Waals surface area contributed by atoms with Crippen LogP contribution in [0.1, 0.15) is 18.9 Å². The Hall–Kier alpha value is -3.77. The van der Waals surface area contributed by atoms with E-state index in [1.54, 1.807) is 32.4 Å². The van der Waals surface area contributed by atoms with Gasteiger partial charge in [0, 0.05) is 42.0 Å². The van der Waals surface area contributed by atoms with E-state index >= 15 is 0 Å². The van der Waals surface area contributed by atoms with Crippen molar-refractivity contribution in [3.05, 3.63) is 35.9 Å². The van der Waals surface area contributed by atoms with Gasteiger partial charge in [-0.25, -0.2) is 4.98 Å². The van der Waals surface area contributed by atoms with E-state index in [0.29, 0.717) is 40.4 Å². The second-order valence-corrected chi connectivity index (χ2v) is 7.62. The van der Waals surface area contributed by atoms with Crippen LogP contribution in [-0.2, 0) is 0 Å². The molecule has 1 saturated heterocycles. The summed E-state index contributed by atoms with van der Waals surface area (Å²) in [5, 5.41) is 16.9. The van der Waals surface area contributed by atoms with E-state index in [1.165, 1.54) is 0 Å². The second kappa shape index (κ2) is 9.16. The minimum absolute atomic E-state index is 0.399. The van der Waals surface area contributed by atoms with Crippen LogP contribution in [-0.4, -0.2) is 49.9 Å². The van der Waals surface area contributed by atoms with Crippen LogP contribution < -0.4 is 30.7 Å². The molecule has 3 aromatic rings. The second-order valence-electron chi connectivity index (χ2n) is 7.62. The van der Waals surface area contributed by atoms with Gasteiger partial charge >= 0.3 is 0 Å². The molecule has 0 bridgehead atoms. The highest BCUT2D eigenvalue weighted by Gasteiger charge is 2.26. The predicted octanol–water partition coefficient (Wildman–Crippen LogP) is 3.03. The van der Waals surface area contributed by atoms with Gasteiger partial charge < -0.3 is 30.7 Å². The summed E-state index contributed by atoms with van der Waals surface area (Å²) in [6, 6.07) is 11.5. The standard InChI is InChI=1S/C23H27N7O2/c1-4-26-16-7-8-30(13-16)22-17-10-20(31-2)21(32-3)11-19(17)28-23(29-22)27-15-5-6-18(25)14(9-15)12-24/h5-6,9-11,16,26H,4,7-8,13,25H2,1-3H3,(H,27,28,29)/t16-/m0/s1. The summed E-state index contributed by atoms with van der Waals surface area (Å²) in [4.78, 5) is 11.8. The Bertz CT molecular complexity index is 1180. The first kappa shape index (κ1) is 21.5. The minimum Gasteiger partial charge on any atom is -0.493 e. The topological polar surface area (TPSA) is 121 Å². The molecular formula is C23H27N7O2. The van der Waals surface area contributed by atoms with Gasteiger partial charge in [0.15, 0.2) is 11.5 Å². The highest BCUT2D eigenvalue weighted by molar-refractivity contribution is 5.93. The molecule has 4 rings (SSSR count). The lowest BCUT2D eigenvalue weighted by atomic mass is 10.2. The minimum atomic E-state index is 0.399. The number of likely N-dealkylation sites (N-methyl/N-ethyl adjacent to an activating group) is 1. The molecule has 1 aliphatic heterocycles. The van der Waals surface area contributed by atoms with E-state index < -0.39 is 0 Å². The summed E-state index contributed by atoms with van der Waals surface area (Å²) in [7, 11) is 3.22. The Kier molecular flexibility index (Phi) is 6.14. The largest absolute Gasteiger partial charge is 0.493 e. The Balaban J connectivity index is 1.79. The Labute approximate surface area is 187 Å². The number of methoxy groups -OCH3 is 2. The van der Waals surface area contributed by atoms with Gasteiger partial charge in [-0.1, -0.05) is 6.92 Å². The number of nitrogens with one attached hydrogen (secondary N) is 2. The van der Waals surface area contributed by atoms with Crippen molar-refractivity contribution in [2.24, 2.45) is 0 Å². The van der Waals surface area contributed by atoms with E-state index in [1.807, 2.05) is 12.1 Å². The number of nitrogens with zero attached hydrogens (tertiary/aromatic N) is 4.